The highest BCUT2D eigenvalue weighted by Crippen LogP contribution is 2.16. The van der Waals surface area contributed by atoms with Crippen molar-refractivity contribution in [1.82, 2.24) is 4.90 Å². The van der Waals surface area contributed by atoms with E-state index in [1.165, 1.54) is 31.3 Å². The molecule has 16 heavy (non-hydrogen) atoms. The summed E-state index contributed by atoms with van der Waals surface area (Å²) >= 11 is 0. The molecule has 2 rings (SSSR count). The Morgan fingerprint density at radius 1 is 1.31 bits per heavy atom. The first-order valence-corrected chi connectivity index (χ1v) is 4.64. The molecular formula is C11H9FN2O2. The third kappa shape index (κ3) is 1.79. The standard InChI is InChI=1S/C11H9FN2O2/c1-14-10(15)6-9(11(14)16)13-8-4-2-3-7(12)5-8/h2-6,13H,1H3. The molecule has 0 aromatic heterocycles. The van der Waals surface area contributed by atoms with Crippen molar-refractivity contribution in [2.24, 2.45) is 0 Å². The van der Waals surface area contributed by atoms with E-state index >= 15 is 0 Å². The van der Waals surface area contributed by atoms with Crippen LogP contribution in [0.4, 0.5) is 10.1 Å². The van der Waals surface area contributed by atoms with E-state index in [0.29, 0.717) is 5.69 Å². The summed E-state index contributed by atoms with van der Waals surface area (Å²) in [6.07, 6.45) is 1.19. The number of benzene rings is 1. The van der Waals surface area contributed by atoms with Crippen molar-refractivity contribution in [2.45, 2.75) is 0 Å². The second kappa shape index (κ2) is 3.77. The Labute approximate surface area is 91.4 Å². The second-order valence-corrected chi connectivity index (χ2v) is 3.40. The van der Waals surface area contributed by atoms with Crippen LogP contribution in [-0.4, -0.2) is 23.8 Å². The van der Waals surface area contributed by atoms with Crippen LogP contribution in [0.1, 0.15) is 0 Å². The highest BCUT2D eigenvalue weighted by molar-refractivity contribution is 6.17. The first-order valence-electron chi connectivity index (χ1n) is 4.64. The van der Waals surface area contributed by atoms with Crippen molar-refractivity contribution in [3.63, 3.8) is 0 Å². The van der Waals surface area contributed by atoms with Crippen LogP contribution in [0.2, 0.25) is 0 Å². The van der Waals surface area contributed by atoms with Gasteiger partial charge in [0.05, 0.1) is 0 Å². The van der Waals surface area contributed by atoms with Crippen LogP contribution in [0.3, 0.4) is 0 Å². The molecule has 5 heteroatoms. The molecule has 0 unspecified atom stereocenters. The highest BCUT2D eigenvalue weighted by Gasteiger charge is 2.27. The molecule has 1 aromatic carbocycles. The van der Waals surface area contributed by atoms with E-state index in [4.69, 9.17) is 0 Å². The zero-order valence-corrected chi connectivity index (χ0v) is 8.53. The van der Waals surface area contributed by atoms with Crippen LogP contribution in [-0.2, 0) is 9.59 Å². The summed E-state index contributed by atoms with van der Waals surface area (Å²) in [5.74, 6) is -1.21. The van der Waals surface area contributed by atoms with Crippen LogP contribution in [0.15, 0.2) is 36.0 Å². The van der Waals surface area contributed by atoms with Gasteiger partial charge in [0, 0.05) is 18.8 Å². The van der Waals surface area contributed by atoms with E-state index in [1.807, 2.05) is 0 Å². The molecule has 1 N–H and O–H groups in total. The number of hydrogen-bond acceptors (Lipinski definition) is 3. The molecule has 0 spiro atoms. The lowest BCUT2D eigenvalue weighted by Gasteiger charge is -2.08. The van der Waals surface area contributed by atoms with Crippen LogP contribution >= 0.6 is 0 Å². The van der Waals surface area contributed by atoms with Crippen molar-refractivity contribution in [2.75, 3.05) is 12.4 Å². The van der Waals surface area contributed by atoms with Gasteiger partial charge in [0.2, 0.25) is 0 Å². The molecule has 1 heterocycles. The number of amides is 2. The number of anilines is 1. The van der Waals surface area contributed by atoms with Gasteiger partial charge in [-0.05, 0) is 18.2 Å². The van der Waals surface area contributed by atoms with E-state index in [2.05, 4.69) is 5.32 Å². The van der Waals surface area contributed by atoms with E-state index in [1.54, 1.807) is 6.07 Å². The van der Waals surface area contributed by atoms with Gasteiger partial charge in [-0.25, -0.2) is 4.39 Å². The minimum atomic E-state index is -0.422. The van der Waals surface area contributed by atoms with E-state index in [9.17, 15) is 14.0 Å². The number of hydrogen-bond donors (Lipinski definition) is 1. The Morgan fingerprint density at radius 3 is 2.62 bits per heavy atom. The molecule has 0 saturated heterocycles. The minimum Gasteiger partial charge on any atom is -0.351 e. The molecule has 0 atom stereocenters. The number of likely N-dealkylation sites (N-methyl/N-ethyl adjacent to an activating group) is 1. The third-order valence-electron chi connectivity index (χ3n) is 2.24. The fourth-order valence-electron chi connectivity index (χ4n) is 1.37. The number of halogens is 1. The number of nitrogens with zero attached hydrogens (tertiary/aromatic N) is 1. The van der Waals surface area contributed by atoms with Crippen LogP contribution < -0.4 is 5.32 Å². The highest BCUT2D eigenvalue weighted by atomic mass is 19.1. The summed E-state index contributed by atoms with van der Waals surface area (Å²) in [5, 5.41) is 2.70. The van der Waals surface area contributed by atoms with Crippen LogP contribution in [0.5, 0.6) is 0 Å². The zero-order chi connectivity index (χ0) is 11.7. The van der Waals surface area contributed by atoms with Crippen molar-refractivity contribution >= 4 is 17.5 Å². The SMILES string of the molecule is CN1C(=O)C=C(Nc2cccc(F)c2)C1=O. The van der Waals surface area contributed by atoms with E-state index < -0.39 is 11.7 Å². The Balaban J connectivity index is 2.21. The maximum absolute atomic E-state index is 12.9. The van der Waals surface area contributed by atoms with Gasteiger partial charge in [0.25, 0.3) is 11.8 Å². The smallest absolute Gasteiger partial charge is 0.277 e. The van der Waals surface area contributed by atoms with Gasteiger partial charge in [0.15, 0.2) is 0 Å². The normalized spacial score (nSPS) is 15.4. The van der Waals surface area contributed by atoms with Crippen molar-refractivity contribution in [3.05, 3.63) is 41.9 Å². The Morgan fingerprint density at radius 2 is 2.06 bits per heavy atom. The third-order valence-corrected chi connectivity index (χ3v) is 2.24. The van der Waals surface area contributed by atoms with Gasteiger partial charge >= 0.3 is 0 Å². The van der Waals surface area contributed by atoms with Gasteiger partial charge in [-0.3, -0.25) is 14.5 Å². The van der Waals surface area contributed by atoms with Crippen LogP contribution in [0.25, 0.3) is 0 Å². The van der Waals surface area contributed by atoms with E-state index in [-0.39, 0.29) is 11.6 Å². The molecule has 0 saturated carbocycles. The second-order valence-electron chi connectivity index (χ2n) is 3.40. The average molecular weight is 220 g/mol. The number of carbonyl (C=O) groups excluding carboxylic acids is 2. The molecule has 0 bridgehead atoms. The molecule has 1 aromatic rings. The lowest BCUT2D eigenvalue weighted by Crippen LogP contribution is -2.27. The molecule has 0 aliphatic carbocycles. The Kier molecular flexibility index (Phi) is 2.44. The summed E-state index contributed by atoms with van der Waals surface area (Å²) in [5.41, 5.74) is 0.584. The Bertz CT molecular complexity index is 497. The topological polar surface area (TPSA) is 49.4 Å². The number of carbonyl (C=O) groups is 2. The summed E-state index contributed by atoms with van der Waals surface area (Å²) in [4.78, 5) is 23.6. The van der Waals surface area contributed by atoms with Gasteiger partial charge in [0.1, 0.15) is 11.5 Å². The molecule has 0 radical (unpaired) electrons. The summed E-state index contributed by atoms with van der Waals surface area (Å²) in [6, 6.07) is 5.67. The zero-order valence-electron chi connectivity index (χ0n) is 8.53. The molecule has 4 nitrogen and oxygen atoms in total. The molecule has 1 aliphatic heterocycles. The van der Waals surface area contributed by atoms with E-state index in [0.717, 1.165) is 4.90 Å². The number of rotatable bonds is 2. The Hall–Kier alpha value is -2.17. The lowest BCUT2D eigenvalue weighted by molar-refractivity contribution is -0.135. The van der Waals surface area contributed by atoms with Gasteiger partial charge in [-0.1, -0.05) is 6.07 Å². The predicted octanol–water partition coefficient (Wildman–Crippen LogP) is 1.12. The molecular weight excluding hydrogens is 211 g/mol. The van der Waals surface area contributed by atoms with Gasteiger partial charge < -0.3 is 5.32 Å². The first-order chi connectivity index (χ1) is 7.58. The summed E-state index contributed by atoms with van der Waals surface area (Å²) in [7, 11) is 1.39. The largest absolute Gasteiger partial charge is 0.351 e. The first kappa shape index (κ1) is 10.4. The van der Waals surface area contributed by atoms with Crippen molar-refractivity contribution in [1.29, 1.82) is 0 Å². The molecule has 2 amide bonds. The van der Waals surface area contributed by atoms with Crippen molar-refractivity contribution < 1.29 is 14.0 Å². The molecule has 1 aliphatic rings. The minimum absolute atomic E-state index is 0.151. The van der Waals surface area contributed by atoms with Crippen molar-refractivity contribution in [3.8, 4) is 0 Å². The lowest BCUT2D eigenvalue weighted by atomic mass is 10.3. The summed E-state index contributed by atoms with van der Waals surface area (Å²) in [6.45, 7) is 0. The maximum Gasteiger partial charge on any atom is 0.277 e. The molecule has 0 fully saturated rings. The van der Waals surface area contributed by atoms with Gasteiger partial charge in [-0.15, -0.1) is 0 Å². The predicted molar refractivity (Wildman–Crippen MR) is 55.9 cm³/mol. The maximum atomic E-state index is 12.9. The van der Waals surface area contributed by atoms with Crippen LogP contribution in [0, 0.1) is 5.82 Å². The fraction of sp³-hybridized carbons (Fsp3) is 0.0909. The average Bonchev–Trinajstić information content (AvgIpc) is 2.47. The van der Waals surface area contributed by atoms with Gasteiger partial charge in [-0.2, -0.15) is 0 Å². The quantitative estimate of drug-likeness (QED) is 0.760. The monoisotopic (exact) mass is 220 g/mol. The number of nitrogens with one attached hydrogen (secondary N) is 1. The number of imide groups is 1. The summed E-state index contributed by atoms with van der Waals surface area (Å²) < 4.78 is 12.9. The molecule has 82 valence electrons. The fourth-order valence-corrected chi connectivity index (χ4v) is 1.37.